The number of rotatable bonds is 3. The highest BCUT2D eigenvalue weighted by atomic mass is 32.2. The summed E-state index contributed by atoms with van der Waals surface area (Å²) in [6.45, 7) is 2.80. The lowest BCUT2D eigenvalue weighted by molar-refractivity contribution is 0.0958. The molecule has 5 heteroatoms. The monoisotopic (exact) mass is 320 g/mol. The van der Waals surface area contributed by atoms with Crippen LogP contribution in [0.3, 0.4) is 0 Å². The van der Waals surface area contributed by atoms with Crippen LogP contribution in [0.25, 0.3) is 10.1 Å². The van der Waals surface area contributed by atoms with E-state index in [1.165, 1.54) is 41.9 Å². The molecule has 1 aliphatic heterocycles. The van der Waals surface area contributed by atoms with Crippen LogP contribution in [0.1, 0.15) is 34.5 Å². The lowest BCUT2D eigenvalue weighted by atomic mass is 10.1. The predicted molar refractivity (Wildman–Crippen MR) is 93.4 cm³/mol. The number of nitrogens with one attached hydrogen (secondary N) is 1. The second kappa shape index (κ2) is 6.28. The molecule has 0 aliphatic carbocycles. The minimum absolute atomic E-state index is 0.0301. The van der Waals surface area contributed by atoms with Gasteiger partial charge in [-0.15, -0.1) is 11.3 Å². The first kappa shape index (κ1) is 14.7. The summed E-state index contributed by atoms with van der Waals surface area (Å²) in [6.07, 6.45) is 3.78. The maximum absolute atomic E-state index is 12.4. The molecule has 1 fully saturated rings. The van der Waals surface area contributed by atoms with Crippen molar-refractivity contribution >= 4 is 44.8 Å². The van der Waals surface area contributed by atoms with Gasteiger partial charge >= 0.3 is 0 Å². The van der Waals surface area contributed by atoms with Crippen molar-refractivity contribution < 1.29 is 4.79 Å². The molecule has 1 aromatic heterocycles. The normalized spacial score (nSPS) is 18.8. The van der Waals surface area contributed by atoms with Crippen molar-refractivity contribution in [3.05, 3.63) is 28.6 Å². The maximum Gasteiger partial charge on any atom is 0.263 e. The Kier molecular flexibility index (Phi) is 4.40. The van der Waals surface area contributed by atoms with Crippen LogP contribution >= 0.6 is 23.1 Å². The van der Waals surface area contributed by atoms with Gasteiger partial charge in [0.2, 0.25) is 0 Å². The number of hydrogen-bond donors (Lipinski definition) is 2. The number of nitrogen functional groups attached to an aromatic ring is 1. The van der Waals surface area contributed by atoms with Crippen LogP contribution in [0.15, 0.2) is 18.2 Å². The third-order valence-electron chi connectivity index (χ3n) is 3.85. The fraction of sp³-hybridized carbons (Fsp3) is 0.438. The smallest absolute Gasteiger partial charge is 0.263 e. The van der Waals surface area contributed by atoms with E-state index in [1.807, 2.05) is 23.9 Å². The van der Waals surface area contributed by atoms with Gasteiger partial charge < -0.3 is 11.1 Å². The molecule has 1 amide bonds. The van der Waals surface area contributed by atoms with Gasteiger partial charge in [-0.25, -0.2) is 0 Å². The Hall–Kier alpha value is -1.20. The molecule has 0 bridgehead atoms. The minimum atomic E-state index is -0.0301. The zero-order valence-electron chi connectivity index (χ0n) is 12.1. The molecule has 2 heterocycles. The quantitative estimate of drug-likeness (QED) is 0.904. The number of carbonyl (C=O) groups excluding carboxylic acids is 1. The lowest BCUT2D eigenvalue weighted by Crippen LogP contribution is -2.31. The Balaban J connectivity index is 1.73. The van der Waals surface area contributed by atoms with Gasteiger partial charge in [0, 0.05) is 21.9 Å². The van der Waals surface area contributed by atoms with Gasteiger partial charge in [-0.05, 0) is 37.1 Å². The zero-order valence-corrected chi connectivity index (χ0v) is 13.8. The van der Waals surface area contributed by atoms with E-state index >= 15 is 0 Å². The van der Waals surface area contributed by atoms with Crippen molar-refractivity contribution in [2.45, 2.75) is 31.4 Å². The number of fused-ring (bicyclic) bond motifs is 1. The van der Waals surface area contributed by atoms with Crippen LogP contribution in [-0.2, 0) is 0 Å². The van der Waals surface area contributed by atoms with E-state index < -0.39 is 0 Å². The first-order chi connectivity index (χ1) is 10.1. The molecular formula is C16H20N2OS2. The number of amides is 1. The molecule has 0 saturated carbocycles. The fourth-order valence-electron chi connectivity index (χ4n) is 2.65. The predicted octanol–water partition coefficient (Wildman–Crippen LogP) is 3.81. The molecule has 0 radical (unpaired) electrons. The van der Waals surface area contributed by atoms with E-state index in [-0.39, 0.29) is 5.91 Å². The fourth-order valence-corrected chi connectivity index (χ4v) is 5.02. The summed E-state index contributed by atoms with van der Waals surface area (Å²) in [5.74, 6) is 1.18. The molecular weight excluding hydrogens is 300 g/mol. The highest BCUT2D eigenvalue weighted by molar-refractivity contribution is 7.99. The topological polar surface area (TPSA) is 55.1 Å². The second-order valence-corrected chi connectivity index (χ2v) is 8.00. The largest absolute Gasteiger partial charge is 0.397 e. The molecule has 1 unspecified atom stereocenters. The van der Waals surface area contributed by atoms with Crippen molar-refractivity contribution in [2.24, 2.45) is 0 Å². The average Bonchev–Trinajstić information content (AvgIpc) is 2.82. The van der Waals surface area contributed by atoms with Gasteiger partial charge in [0.25, 0.3) is 5.91 Å². The number of aryl methyl sites for hydroxylation is 1. The molecule has 3 nitrogen and oxygen atoms in total. The van der Waals surface area contributed by atoms with E-state index in [9.17, 15) is 4.79 Å². The average molecular weight is 320 g/mol. The summed E-state index contributed by atoms with van der Waals surface area (Å²) in [7, 11) is 0. The van der Waals surface area contributed by atoms with Crippen molar-refractivity contribution in [3.63, 3.8) is 0 Å². The van der Waals surface area contributed by atoms with E-state index in [2.05, 4.69) is 18.3 Å². The molecule has 1 saturated heterocycles. The number of benzene rings is 1. The van der Waals surface area contributed by atoms with E-state index in [0.717, 1.165) is 16.6 Å². The summed E-state index contributed by atoms with van der Waals surface area (Å²) >= 11 is 3.46. The molecule has 1 aliphatic rings. The van der Waals surface area contributed by atoms with E-state index in [1.54, 1.807) is 0 Å². The van der Waals surface area contributed by atoms with Gasteiger partial charge in [-0.1, -0.05) is 18.6 Å². The van der Waals surface area contributed by atoms with Gasteiger partial charge in [-0.3, -0.25) is 4.79 Å². The third kappa shape index (κ3) is 3.19. The maximum atomic E-state index is 12.4. The highest BCUT2D eigenvalue weighted by Gasteiger charge is 2.19. The molecule has 112 valence electrons. The van der Waals surface area contributed by atoms with Crippen LogP contribution in [0.2, 0.25) is 0 Å². The van der Waals surface area contributed by atoms with Gasteiger partial charge in [0.05, 0.1) is 5.69 Å². The summed E-state index contributed by atoms with van der Waals surface area (Å²) in [4.78, 5) is 13.0. The van der Waals surface area contributed by atoms with E-state index in [0.29, 0.717) is 15.8 Å². The van der Waals surface area contributed by atoms with Gasteiger partial charge in [0.1, 0.15) is 4.88 Å². The van der Waals surface area contributed by atoms with Crippen LogP contribution in [0.4, 0.5) is 5.69 Å². The highest BCUT2D eigenvalue weighted by Crippen LogP contribution is 2.34. The Morgan fingerprint density at radius 1 is 1.43 bits per heavy atom. The Morgan fingerprint density at radius 2 is 2.29 bits per heavy atom. The Morgan fingerprint density at radius 3 is 3.05 bits per heavy atom. The molecule has 1 aromatic carbocycles. The number of carbonyl (C=O) groups is 1. The van der Waals surface area contributed by atoms with Crippen molar-refractivity contribution in [1.82, 2.24) is 5.32 Å². The Labute approximate surface area is 133 Å². The number of thiophene rings is 1. The summed E-state index contributed by atoms with van der Waals surface area (Å²) in [6, 6.07) is 6.13. The summed E-state index contributed by atoms with van der Waals surface area (Å²) in [5, 5.41) is 4.60. The first-order valence-electron chi connectivity index (χ1n) is 7.33. The van der Waals surface area contributed by atoms with E-state index in [4.69, 9.17) is 5.73 Å². The summed E-state index contributed by atoms with van der Waals surface area (Å²) in [5.41, 5.74) is 7.95. The minimum Gasteiger partial charge on any atom is -0.397 e. The lowest BCUT2D eigenvalue weighted by Gasteiger charge is -2.21. The molecule has 0 spiro atoms. The first-order valence-corrected chi connectivity index (χ1v) is 9.20. The van der Waals surface area contributed by atoms with Gasteiger partial charge in [0.15, 0.2) is 0 Å². The van der Waals surface area contributed by atoms with Crippen molar-refractivity contribution in [2.75, 3.05) is 18.0 Å². The molecule has 3 N–H and O–H groups in total. The molecule has 1 atom stereocenters. The van der Waals surface area contributed by atoms with Crippen LogP contribution < -0.4 is 11.1 Å². The van der Waals surface area contributed by atoms with Crippen LogP contribution in [-0.4, -0.2) is 23.5 Å². The zero-order chi connectivity index (χ0) is 14.8. The molecule has 21 heavy (non-hydrogen) atoms. The standard InChI is InChI=1S/C16H20N2OS2/c1-10-5-6-12-13(8-10)21-15(14(12)17)16(19)18-9-11-4-2-3-7-20-11/h5-6,8,11H,2-4,7,9,17H2,1H3,(H,18,19). The number of nitrogens with two attached hydrogens (primary N) is 1. The van der Waals surface area contributed by atoms with Crippen molar-refractivity contribution in [3.8, 4) is 0 Å². The number of anilines is 1. The molecule has 2 aromatic rings. The second-order valence-electron chi connectivity index (χ2n) is 5.54. The number of thioether (sulfide) groups is 1. The SMILES string of the molecule is Cc1ccc2c(N)c(C(=O)NCC3CCCCS3)sc2c1. The number of hydrogen-bond acceptors (Lipinski definition) is 4. The van der Waals surface area contributed by atoms with Gasteiger partial charge in [-0.2, -0.15) is 11.8 Å². The molecule has 3 rings (SSSR count). The summed E-state index contributed by atoms with van der Waals surface area (Å²) < 4.78 is 1.09. The van der Waals surface area contributed by atoms with Crippen LogP contribution in [0.5, 0.6) is 0 Å². The third-order valence-corrected chi connectivity index (χ3v) is 6.42. The Bertz CT molecular complexity index is 660. The van der Waals surface area contributed by atoms with Crippen molar-refractivity contribution in [1.29, 1.82) is 0 Å². The van der Waals surface area contributed by atoms with Crippen LogP contribution in [0, 0.1) is 6.92 Å².